The van der Waals surface area contributed by atoms with Gasteiger partial charge in [0, 0.05) is 28.9 Å². The smallest absolute Gasteiger partial charge is 0.140 e. The van der Waals surface area contributed by atoms with Crippen molar-refractivity contribution in [1.82, 2.24) is 15.3 Å². The molecule has 1 aliphatic carbocycles. The molecule has 0 bridgehead atoms. The second-order valence-corrected chi connectivity index (χ2v) is 7.96. The van der Waals surface area contributed by atoms with Crippen LogP contribution in [0.15, 0.2) is 24.5 Å². The second-order valence-electron chi connectivity index (χ2n) is 7.96. The van der Waals surface area contributed by atoms with E-state index >= 15 is 0 Å². The fourth-order valence-corrected chi connectivity index (χ4v) is 5.10. The average Bonchev–Trinajstić information content (AvgIpc) is 3.21. The van der Waals surface area contributed by atoms with Crippen LogP contribution in [0.2, 0.25) is 0 Å². The highest BCUT2D eigenvalue weighted by molar-refractivity contribution is 5.74. The van der Waals surface area contributed by atoms with Crippen LogP contribution >= 0.6 is 0 Å². The molecule has 132 valence electrons. The molecular formula is C21H23N5. The van der Waals surface area contributed by atoms with Crippen LogP contribution in [-0.2, 0) is 11.8 Å². The Kier molecular flexibility index (Phi) is 3.51. The van der Waals surface area contributed by atoms with Gasteiger partial charge in [0.05, 0.1) is 11.6 Å². The Morgan fingerprint density at radius 2 is 2.12 bits per heavy atom. The normalized spacial score (nSPS) is 22.9. The van der Waals surface area contributed by atoms with Gasteiger partial charge in [-0.2, -0.15) is 5.26 Å². The lowest BCUT2D eigenvalue weighted by Crippen LogP contribution is -2.42. The van der Waals surface area contributed by atoms with Crippen molar-refractivity contribution in [1.29, 1.82) is 5.26 Å². The average molecular weight is 345 g/mol. The Morgan fingerprint density at radius 3 is 2.92 bits per heavy atom. The summed E-state index contributed by atoms with van der Waals surface area (Å²) in [5.74, 6) is 1.59. The summed E-state index contributed by atoms with van der Waals surface area (Å²) in [5, 5.41) is 12.9. The second kappa shape index (κ2) is 5.78. The van der Waals surface area contributed by atoms with Gasteiger partial charge in [-0.15, -0.1) is 0 Å². The number of fused-ring (bicyclic) bond motifs is 3. The summed E-state index contributed by atoms with van der Waals surface area (Å²) in [5.41, 5.74) is 5.97. The summed E-state index contributed by atoms with van der Waals surface area (Å²) >= 11 is 0. The van der Waals surface area contributed by atoms with Crippen LogP contribution in [0.3, 0.4) is 0 Å². The summed E-state index contributed by atoms with van der Waals surface area (Å²) < 4.78 is 0. The predicted molar refractivity (Wildman–Crippen MR) is 101 cm³/mol. The van der Waals surface area contributed by atoms with Gasteiger partial charge in [-0.3, -0.25) is 0 Å². The number of piperidine rings is 1. The zero-order valence-electron chi connectivity index (χ0n) is 15.1. The van der Waals surface area contributed by atoms with Crippen LogP contribution in [0.5, 0.6) is 0 Å². The number of benzene rings is 1. The third-order valence-corrected chi connectivity index (χ3v) is 6.52. The van der Waals surface area contributed by atoms with E-state index in [2.05, 4.69) is 40.3 Å². The molecule has 1 spiro atoms. The number of aromatic nitrogens is 2. The number of hydrogen-bond donors (Lipinski definition) is 1. The minimum atomic E-state index is 0.118. The number of rotatable bonds is 1. The van der Waals surface area contributed by atoms with Gasteiger partial charge >= 0.3 is 0 Å². The summed E-state index contributed by atoms with van der Waals surface area (Å²) in [6.45, 7) is 5.30. The predicted octanol–water partition coefficient (Wildman–Crippen LogP) is 3.17. The van der Waals surface area contributed by atoms with Gasteiger partial charge in [0.2, 0.25) is 0 Å². The number of aryl methyl sites for hydroxylation is 1. The molecule has 0 saturated carbocycles. The summed E-state index contributed by atoms with van der Waals surface area (Å²) in [6, 6.07) is 8.50. The zero-order valence-corrected chi connectivity index (χ0v) is 15.1. The molecule has 1 fully saturated rings. The fraction of sp³-hybridized carbons (Fsp3) is 0.476. The van der Waals surface area contributed by atoms with Crippen LogP contribution < -0.4 is 10.2 Å². The standard InChI is InChI=1S/C21H23N5/c1-14-2-4-17-19(14)20(25-13-24-17)26-12-21(6-8-23-9-7-21)16-10-15(11-22)3-5-18(16)26/h3,5,10,13-14,23H,2,4,6-9,12H2,1H3/t14-/m1/s1. The van der Waals surface area contributed by atoms with Gasteiger partial charge < -0.3 is 10.2 Å². The number of nitriles is 1. The topological polar surface area (TPSA) is 64.8 Å². The highest BCUT2D eigenvalue weighted by atomic mass is 15.2. The van der Waals surface area contributed by atoms with Crippen molar-refractivity contribution < 1.29 is 0 Å². The number of nitrogens with one attached hydrogen (secondary N) is 1. The largest absolute Gasteiger partial charge is 0.325 e. The van der Waals surface area contributed by atoms with Crippen LogP contribution in [0.1, 0.15) is 54.5 Å². The number of anilines is 2. The lowest BCUT2D eigenvalue weighted by atomic mass is 9.74. The first-order chi connectivity index (χ1) is 12.7. The fourth-order valence-electron chi connectivity index (χ4n) is 5.10. The molecule has 1 atom stereocenters. The lowest BCUT2D eigenvalue weighted by Gasteiger charge is -2.35. The van der Waals surface area contributed by atoms with Crippen molar-refractivity contribution in [3.8, 4) is 6.07 Å². The van der Waals surface area contributed by atoms with Crippen LogP contribution in [0, 0.1) is 11.3 Å². The van der Waals surface area contributed by atoms with E-state index in [9.17, 15) is 5.26 Å². The van der Waals surface area contributed by atoms with E-state index in [4.69, 9.17) is 4.98 Å². The van der Waals surface area contributed by atoms with Gasteiger partial charge in [-0.25, -0.2) is 9.97 Å². The molecule has 5 rings (SSSR count). The molecule has 5 nitrogen and oxygen atoms in total. The molecule has 1 aromatic carbocycles. The molecule has 0 amide bonds. The molecule has 2 aromatic rings. The first-order valence-electron chi connectivity index (χ1n) is 9.58. The molecule has 2 aliphatic heterocycles. The minimum absolute atomic E-state index is 0.118. The van der Waals surface area contributed by atoms with E-state index in [1.807, 2.05) is 6.07 Å². The molecule has 1 N–H and O–H groups in total. The molecule has 0 radical (unpaired) electrons. The maximum atomic E-state index is 9.40. The SMILES string of the molecule is C[C@@H]1CCc2ncnc(N3CC4(CCNCC4)c4cc(C#N)ccc43)c21. The van der Waals surface area contributed by atoms with E-state index in [0.717, 1.165) is 56.7 Å². The first kappa shape index (κ1) is 15.8. The lowest BCUT2D eigenvalue weighted by molar-refractivity contribution is 0.329. The van der Waals surface area contributed by atoms with Crippen molar-refractivity contribution in [2.75, 3.05) is 24.5 Å². The molecule has 5 heteroatoms. The first-order valence-corrected chi connectivity index (χ1v) is 9.58. The van der Waals surface area contributed by atoms with Gasteiger partial charge in [0.15, 0.2) is 0 Å². The molecule has 26 heavy (non-hydrogen) atoms. The van der Waals surface area contributed by atoms with E-state index < -0.39 is 0 Å². The Morgan fingerprint density at radius 1 is 1.27 bits per heavy atom. The van der Waals surface area contributed by atoms with Crippen LogP contribution in [-0.4, -0.2) is 29.6 Å². The maximum absolute atomic E-state index is 9.40. The third-order valence-electron chi connectivity index (χ3n) is 6.52. The van der Waals surface area contributed by atoms with Crippen LogP contribution in [0.4, 0.5) is 11.5 Å². The molecular weight excluding hydrogens is 322 g/mol. The van der Waals surface area contributed by atoms with Crippen molar-refractivity contribution in [3.63, 3.8) is 0 Å². The Balaban J connectivity index is 1.67. The van der Waals surface area contributed by atoms with E-state index in [0.29, 0.717) is 5.92 Å². The Hall–Kier alpha value is -2.45. The highest BCUT2D eigenvalue weighted by Gasteiger charge is 2.45. The summed E-state index contributed by atoms with van der Waals surface area (Å²) in [7, 11) is 0. The third kappa shape index (κ3) is 2.18. The highest BCUT2D eigenvalue weighted by Crippen LogP contribution is 2.50. The minimum Gasteiger partial charge on any atom is -0.325 e. The van der Waals surface area contributed by atoms with Crippen molar-refractivity contribution in [3.05, 3.63) is 46.9 Å². The molecule has 1 aromatic heterocycles. The van der Waals surface area contributed by atoms with Crippen molar-refractivity contribution in [2.24, 2.45) is 0 Å². The molecule has 3 aliphatic rings. The van der Waals surface area contributed by atoms with Gasteiger partial charge in [0.25, 0.3) is 0 Å². The molecule has 1 saturated heterocycles. The Bertz CT molecular complexity index is 907. The van der Waals surface area contributed by atoms with Gasteiger partial charge in [-0.1, -0.05) is 6.92 Å². The van der Waals surface area contributed by atoms with Gasteiger partial charge in [0.1, 0.15) is 12.1 Å². The van der Waals surface area contributed by atoms with Crippen LogP contribution in [0.25, 0.3) is 0 Å². The Labute approximate surface area is 154 Å². The maximum Gasteiger partial charge on any atom is 0.140 e. The summed E-state index contributed by atoms with van der Waals surface area (Å²) in [4.78, 5) is 11.7. The number of hydrogen-bond acceptors (Lipinski definition) is 5. The van der Waals surface area contributed by atoms with E-state index in [1.165, 1.54) is 22.5 Å². The number of nitrogens with zero attached hydrogens (tertiary/aromatic N) is 4. The van der Waals surface area contributed by atoms with Gasteiger partial charge in [-0.05, 0) is 68.5 Å². The van der Waals surface area contributed by atoms with Crippen molar-refractivity contribution >= 4 is 11.5 Å². The molecule has 3 heterocycles. The van der Waals surface area contributed by atoms with E-state index in [-0.39, 0.29) is 5.41 Å². The molecule has 0 unspecified atom stereocenters. The monoisotopic (exact) mass is 345 g/mol. The quantitative estimate of drug-likeness (QED) is 0.860. The van der Waals surface area contributed by atoms with Crippen molar-refractivity contribution in [2.45, 2.75) is 43.9 Å². The van der Waals surface area contributed by atoms with E-state index in [1.54, 1.807) is 6.33 Å². The zero-order chi connectivity index (χ0) is 17.7. The summed E-state index contributed by atoms with van der Waals surface area (Å²) in [6.07, 6.45) is 6.14.